The number of rotatable bonds is 2. The SMILES string of the molecule is COc1ccc(-c2c3cc(C(C)(C)C)cc4c(=O)c5cc(C(C)(C)C)cc6c5-c(c34)c3c2cc(C(C)(C)C)cc3c6=O)cc1. The minimum atomic E-state index is -0.226. The lowest BCUT2D eigenvalue weighted by Crippen LogP contribution is -2.19. The number of methoxy groups -OCH3 is 1. The third-order valence-electron chi connectivity index (χ3n) is 9.66. The van der Waals surface area contributed by atoms with Crippen LogP contribution in [-0.2, 0) is 16.2 Å². The molecule has 3 nitrogen and oxygen atoms in total. The van der Waals surface area contributed by atoms with E-state index in [1.165, 1.54) is 0 Å². The summed E-state index contributed by atoms with van der Waals surface area (Å²) in [5, 5.41) is 6.75. The summed E-state index contributed by atoms with van der Waals surface area (Å²) in [7, 11) is 1.67. The normalized spacial score (nSPS) is 13.4. The van der Waals surface area contributed by atoms with Crippen molar-refractivity contribution in [1.29, 1.82) is 0 Å². The van der Waals surface area contributed by atoms with E-state index in [1.54, 1.807) is 7.11 Å². The first-order chi connectivity index (χ1) is 20.5. The molecule has 0 amide bonds. The van der Waals surface area contributed by atoms with Crippen molar-refractivity contribution >= 4 is 43.1 Å². The van der Waals surface area contributed by atoms with E-state index in [9.17, 15) is 9.59 Å². The molecule has 0 saturated carbocycles. The number of hydrogen-bond donors (Lipinski definition) is 0. The molecule has 5 aromatic rings. The standard InChI is InChI=1S/C41H40O3/c1-39(2,3)22-15-26-32(21-11-13-25(44-10)14-12-21)27-16-23(40(4,5)6)18-29-34(27)36-33(26)28(17-22)37(42)30-19-24(41(7,8)9)20-31(35(30)36)38(29)43/h11-20H,1-10H3. The van der Waals surface area contributed by atoms with Crippen LogP contribution < -0.4 is 15.6 Å². The minimum absolute atomic E-state index is 0.00135. The summed E-state index contributed by atoms with van der Waals surface area (Å²) >= 11 is 0. The average molecular weight is 581 g/mol. The first-order valence-corrected chi connectivity index (χ1v) is 15.6. The Hall–Kier alpha value is -4.24. The summed E-state index contributed by atoms with van der Waals surface area (Å²) in [6.07, 6.45) is 0. The van der Waals surface area contributed by atoms with Gasteiger partial charge in [-0.05, 0) is 103 Å². The topological polar surface area (TPSA) is 43.4 Å². The quantitative estimate of drug-likeness (QED) is 0.151. The van der Waals surface area contributed by atoms with Gasteiger partial charge in [-0.15, -0.1) is 0 Å². The van der Waals surface area contributed by atoms with E-state index in [4.69, 9.17) is 4.74 Å². The van der Waals surface area contributed by atoms with Gasteiger partial charge in [-0.25, -0.2) is 0 Å². The second-order valence-corrected chi connectivity index (χ2v) is 15.7. The van der Waals surface area contributed by atoms with Gasteiger partial charge in [-0.3, -0.25) is 9.59 Å². The van der Waals surface area contributed by atoms with Crippen molar-refractivity contribution in [1.82, 2.24) is 0 Å². The highest BCUT2D eigenvalue weighted by atomic mass is 16.5. The Morgan fingerprint density at radius 3 is 1.18 bits per heavy atom. The average Bonchev–Trinajstić information content (AvgIpc) is 2.95. The zero-order chi connectivity index (χ0) is 31.7. The molecule has 44 heavy (non-hydrogen) atoms. The summed E-state index contributed by atoms with van der Waals surface area (Å²) in [6.45, 7) is 19.6. The maximum Gasteiger partial charge on any atom is 0.194 e. The maximum atomic E-state index is 14.7. The molecule has 2 aliphatic carbocycles. The van der Waals surface area contributed by atoms with Gasteiger partial charge in [-0.2, -0.15) is 0 Å². The molecule has 2 aliphatic rings. The predicted octanol–water partition coefficient (Wildman–Crippen LogP) is 10.0. The molecule has 0 heterocycles. The van der Waals surface area contributed by atoms with E-state index >= 15 is 0 Å². The molecule has 0 saturated heterocycles. The van der Waals surface area contributed by atoms with Crippen molar-refractivity contribution in [2.75, 3.05) is 7.11 Å². The Balaban J connectivity index is 1.87. The van der Waals surface area contributed by atoms with Gasteiger partial charge in [0, 0.05) is 43.4 Å². The molecule has 7 rings (SSSR count). The fraction of sp³-hybridized carbons (Fsp3) is 0.317. The van der Waals surface area contributed by atoms with Crippen LogP contribution in [-0.4, -0.2) is 7.11 Å². The predicted molar refractivity (Wildman–Crippen MR) is 187 cm³/mol. The van der Waals surface area contributed by atoms with Crippen LogP contribution in [0.15, 0.2) is 70.3 Å². The first kappa shape index (κ1) is 28.5. The lowest BCUT2D eigenvalue weighted by atomic mass is 9.73. The Kier molecular flexibility index (Phi) is 5.78. The number of benzene rings is 7. The first-order valence-electron chi connectivity index (χ1n) is 15.6. The fourth-order valence-electron chi connectivity index (χ4n) is 7.02. The highest BCUT2D eigenvalue weighted by Crippen LogP contribution is 2.52. The molecular formula is C41H40O3. The van der Waals surface area contributed by atoms with Crippen LogP contribution in [0, 0.1) is 0 Å². The van der Waals surface area contributed by atoms with Gasteiger partial charge < -0.3 is 4.74 Å². The van der Waals surface area contributed by atoms with Crippen molar-refractivity contribution in [3.63, 3.8) is 0 Å². The molecule has 0 atom stereocenters. The molecule has 0 radical (unpaired) electrons. The van der Waals surface area contributed by atoms with Crippen molar-refractivity contribution < 1.29 is 4.74 Å². The molecule has 0 unspecified atom stereocenters. The summed E-state index contributed by atoms with van der Waals surface area (Å²) in [4.78, 5) is 29.3. The Morgan fingerprint density at radius 2 is 0.818 bits per heavy atom. The van der Waals surface area contributed by atoms with E-state index in [-0.39, 0.29) is 27.1 Å². The van der Waals surface area contributed by atoms with Crippen LogP contribution >= 0.6 is 0 Å². The molecule has 5 aromatic carbocycles. The fourth-order valence-corrected chi connectivity index (χ4v) is 7.02. The van der Waals surface area contributed by atoms with Gasteiger partial charge in [0.15, 0.2) is 10.9 Å². The molecule has 0 spiro atoms. The van der Waals surface area contributed by atoms with Gasteiger partial charge >= 0.3 is 0 Å². The van der Waals surface area contributed by atoms with Crippen LogP contribution in [0.1, 0.15) is 79.0 Å². The van der Waals surface area contributed by atoms with Gasteiger partial charge in [-0.1, -0.05) is 74.4 Å². The smallest absolute Gasteiger partial charge is 0.194 e. The van der Waals surface area contributed by atoms with Crippen molar-refractivity contribution in [2.24, 2.45) is 0 Å². The summed E-state index contributed by atoms with van der Waals surface area (Å²) < 4.78 is 5.51. The van der Waals surface area contributed by atoms with E-state index in [2.05, 4.69) is 98.7 Å². The Bertz CT molecular complexity index is 2190. The molecule has 0 bridgehead atoms. The highest BCUT2D eigenvalue weighted by molar-refractivity contribution is 6.34. The van der Waals surface area contributed by atoms with Crippen molar-refractivity contribution in [2.45, 2.75) is 78.6 Å². The van der Waals surface area contributed by atoms with E-state index in [0.29, 0.717) is 10.8 Å². The zero-order valence-corrected chi connectivity index (χ0v) is 27.5. The minimum Gasteiger partial charge on any atom is -0.497 e. The van der Waals surface area contributed by atoms with Crippen molar-refractivity contribution in [3.05, 3.63) is 97.8 Å². The van der Waals surface area contributed by atoms with Crippen LogP contribution in [0.3, 0.4) is 0 Å². The third kappa shape index (κ3) is 3.94. The second-order valence-electron chi connectivity index (χ2n) is 15.7. The van der Waals surface area contributed by atoms with E-state index < -0.39 is 0 Å². The Labute approximate surface area is 258 Å². The zero-order valence-electron chi connectivity index (χ0n) is 27.5. The van der Waals surface area contributed by atoms with Crippen LogP contribution in [0.4, 0.5) is 0 Å². The van der Waals surface area contributed by atoms with Crippen LogP contribution in [0.5, 0.6) is 5.75 Å². The molecule has 222 valence electrons. The third-order valence-corrected chi connectivity index (χ3v) is 9.66. The van der Waals surface area contributed by atoms with Gasteiger partial charge in [0.05, 0.1) is 7.11 Å². The summed E-state index contributed by atoms with van der Waals surface area (Å²) in [6, 6.07) is 21.0. The van der Waals surface area contributed by atoms with E-state index in [1.807, 2.05) is 24.3 Å². The van der Waals surface area contributed by atoms with Crippen LogP contribution in [0.2, 0.25) is 0 Å². The van der Waals surface area contributed by atoms with E-state index in [0.717, 1.165) is 77.0 Å². The summed E-state index contributed by atoms with van der Waals surface area (Å²) in [5.74, 6) is 0.784. The summed E-state index contributed by atoms with van der Waals surface area (Å²) in [5.41, 5.74) is 6.57. The monoisotopic (exact) mass is 580 g/mol. The molecule has 3 heteroatoms. The maximum absolute atomic E-state index is 14.7. The number of ether oxygens (including phenoxy) is 1. The van der Waals surface area contributed by atoms with Crippen molar-refractivity contribution in [3.8, 4) is 28.0 Å². The van der Waals surface area contributed by atoms with Crippen LogP contribution in [0.25, 0.3) is 65.3 Å². The van der Waals surface area contributed by atoms with Gasteiger partial charge in [0.2, 0.25) is 0 Å². The lowest BCUT2D eigenvalue weighted by molar-refractivity contribution is 0.415. The largest absolute Gasteiger partial charge is 0.497 e. The molecule has 0 N–H and O–H groups in total. The lowest BCUT2D eigenvalue weighted by Gasteiger charge is -2.29. The highest BCUT2D eigenvalue weighted by Gasteiger charge is 2.32. The van der Waals surface area contributed by atoms with Gasteiger partial charge in [0.25, 0.3) is 0 Å². The molecule has 0 aromatic heterocycles. The molecular weight excluding hydrogens is 540 g/mol. The van der Waals surface area contributed by atoms with Gasteiger partial charge in [0.1, 0.15) is 5.75 Å². The Morgan fingerprint density at radius 1 is 0.455 bits per heavy atom. The second kappa shape index (κ2) is 8.91. The molecule has 0 fully saturated rings. The number of hydrogen-bond acceptors (Lipinski definition) is 3. The molecule has 0 aliphatic heterocycles.